The Bertz CT molecular complexity index is 705. The Labute approximate surface area is 172 Å². The number of nitrogens with one attached hydrogen (secondary N) is 1. The summed E-state index contributed by atoms with van der Waals surface area (Å²) in [6, 6.07) is 16.9. The highest BCUT2D eigenvalue weighted by molar-refractivity contribution is 14.0. The SMILES string of the molecule is CCCCNC(N)=NCc1cccc(C(=O)OCc2ccccc2)c1.I. The number of ether oxygens (including phenoxy) is 1. The first-order chi connectivity index (χ1) is 12.2. The van der Waals surface area contributed by atoms with Crippen molar-refractivity contribution >= 4 is 35.9 Å². The van der Waals surface area contributed by atoms with Crippen molar-refractivity contribution in [3.05, 3.63) is 71.3 Å². The maximum Gasteiger partial charge on any atom is 0.338 e. The number of carbonyl (C=O) groups excluding carboxylic acids is 1. The van der Waals surface area contributed by atoms with Crippen LogP contribution in [0.25, 0.3) is 0 Å². The maximum atomic E-state index is 12.2. The molecule has 0 fully saturated rings. The van der Waals surface area contributed by atoms with Gasteiger partial charge in [-0.15, -0.1) is 24.0 Å². The molecule has 0 amide bonds. The molecule has 0 saturated heterocycles. The van der Waals surface area contributed by atoms with Gasteiger partial charge in [-0.3, -0.25) is 0 Å². The van der Waals surface area contributed by atoms with Crippen molar-refractivity contribution in [2.75, 3.05) is 6.54 Å². The van der Waals surface area contributed by atoms with Gasteiger partial charge in [0.05, 0.1) is 12.1 Å². The fraction of sp³-hybridized carbons (Fsp3) is 0.300. The first-order valence-electron chi connectivity index (χ1n) is 8.53. The lowest BCUT2D eigenvalue weighted by Crippen LogP contribution is -2.32. The summed E-state index contributed by atoms with van der Waals surface area (Å²) in [6.45, 7) is 3.62. The first kappa shape index (κ1) is 22.0. The van der Waals surface area contributed by atoms with Gasteiger partial charge in [-0.05, 0) is 29.7 Å². The molecule has 6 heteroatoms. The fourth-order valence-electron chi connectivity index (χ4n) is 2.23. The number of esters is 1. The molecule has 26 heavy (non-hydrogen) atoms. The van der Waals surface area contributed by atoms with Crippen LogP contribution >= 0.6 is 24.0 Å². The Morgan fingerprint density at radius 2 is 1.85 bits per heavy atom. The zero-order valence-electron chi connectivity index (χ0n) is 15.0. The Balaban J connectivity index is 0.00000338. The van der Waals surface area contributed by atoms with Crippen molar-refractivity contribution in [1.29, 1.82) is 0 Å². The van der Waals surface area contributed by atoms with Crippen molar-refractivity contribution in [2.45, 2.75) is 32.9 Å². The third kappa shape index (κ3) is 7.86. The Morgan fingerprint density at radius 1 is 1.12 bits per heavy atom. The minimum absolute atomic E-state index is 0. The second-order valence-electron chi connectivity index (χ2n) is 5.74. The Morgan fingerprint density at radius 3 is 2.58 bits per heavy atom. The lowest BCUT2D eigenvalue weighted by molar-refractivity contribution is 0.0472. The highest BCUT2D eigenvalue weighted by Crippen LogP contribution is 2.10. The van der Waals surface area contributed by atoms with E-state index in [2.05, 4.69) is 17.2 Å². The van der Waals surface area contributed by atoms with Crippen LogP contribution in [0.1, 0.15) is 41.3 Å². The van der Waals surface area contributed by atoms with Crippen LogP contribution in [0.4, 0.5) is 0 Å². The summed E-state index contributed by atoms with van der Waals surface area (Å²) in [4.78, 5) is 16.5. The monoisotopic (exact) mass is 467 g/mol. The molecule has 0 saturated carbocycles. The molecule has 0 aliphatic heterocycles. The van der Waals surface area contributed by atoms with E-state index in [1.807, 2.05) is 42.5 Å². The van der Waals surface area contributed by atoms with Crippen LogP contribution in [-0.2, 0) is 17.9 Å². The van der Waals surface area contributed by atoms with E-state index in [1.165, 1.54) is 0 Å². The van der Waals surface area contributed by atoms with Crippen molar-refractivity contribution in [2.24, 2.45) is 10.7 Å². The molecule has 0 bridgehead atoms. The van der Waals surface area contributed by atoms with Gasteiger partial charge in [0.1, 0.15) is 6.61 Å². The summed E-state index contributed by atoms with van der Waals surface area (Å²) in [7, 11) is 0. The molecule has 0 spiro atoms. The summed E-state index contributed by atoms with van der Waals surface area (Å²) in [5.41, 5.74) is 8.21. The fourth-order valence-corrected chi connectivity index (χ4v) is 2.23. The molecule has 2 aromatic carbocycles. The number of carbonyl (C=O) groups is 1. The molecule has 0 radical (unpaired) electrons. The number of benzene rings is 2. The van der Waals surface area contributed by atoms with Gasteiger partial charge in [0, 0.05) is 6.54 Å². The number of nitrogens with zero attached hydrogens (tertiary/aromatic N) is 1. The molecule has 0 unspecified atom stereocenters. The van der Waals surface area contributed by atoms with Crippen LogP contribution in [-0.4, -0.2) is 18.5 Å². The smallest absolute Gasteiger partial charge is 0.338 e. The first-order valence-corrected chi connectivity index (χ1v) is 8.53. The largest absolute Gasteiger partial charge is 0.457 e. The Hall–Kier alpha value is -2.09. The predicted octanol–water partition coefficient (Wildman–Crippen LogP) is 3.87. The number of nitrogens with two attached hydrogens (primary N) is 1. The van der Waals surface area contributed by atoms with Gasteiger partial charge < -0.3 is 15.8 Å². The molecule has 0 atom stereocenters. The minimum atomic E-state index is -0.344. The standard InChI is InChI=1S/C20H25N3O2.HI/c1-2-3-12-22-20(21)23-14-17-10-7-11-18(13-17)19(24)25-15-16-8-5-4-6-9-16;/h4-11,13H,2-3,12,14-15H2,1H3,(H3,21,22,23);1H. The van der Waals surface area contributed by atoms with Crippen LogP contribution in [0.3, 0.4) is 0 Å². The van der Waals surface area contributed by atoms with E-state index >= 15 is 0 Å². The molecule has 0 heterocycles. The van der Waals surface area contributed by atoms with Gasteiger partial charge >= 0.3 is 5.97 Å². The summed E-state index contributed by atoms with van der Waals surface area (Å²) in [6.07, 6.45) is 2.16. The number of guanidine groups is 1. The molecule has 140 valence electrons. The molecule has 3 N–H and O–H groups in total. The van der Waals surface area contributed by atoms with E-state index in [-0.39, 0.29) is 36.6 Å². The zero-order valence-corrected chi connectivity index (χ0v) is 17.3. The third-order valence-electron chi connectivity index (χ3n) is 3.64. The lowest BCUT2D eigenvalue weighted by Gasteiger charge is -2.07. The van der Waals surface area contributed by atoms with Gasteiger partial charge in [-0.1, -0.05) is 55.8 Å². The molecule has 0 aliphatic carbocycles. The number of unbranched alkanes of at least 4 members (excludes halogenated alkanes) is 1. The third-order valence-corrected chi connectivity index (χ3v) is 3.64. The van der Waals surface area contributed by atoms with E-state index < -0.39 is 0 Å². The molecular weight excluding hydrogens is 441 g/mol. The van der Waals surface area contributed by atoms with E-state index in [4.69, 9.17) is 10.5 Å². The number of rotatable bonds is 8. The van der Waals surface area contributed by atoms with Crippen LogP contribution in [0.5, 0.6) is 0 Å². The molecular formula is C20H26IN3O2. The average Bonchev–Trinajstić information content (AvgIpc) is 2.66. The average molecular weight is 467 g/mol. The van der Waals surface area contributed by atoms with Gasteiger partial charge in [0.25, 0.3) is 0 Å². The van der Waals surface area contributed by atoms with E-state index in [0.29, 0.717) is 18.1 Å². The molecule has 5 nitrogen and oxygen atoms in total. The van der Waals surface area contributed by atoms with Crippen molar-refractivity contribution < 1.29 is 9.53 Å². The summed E-state index contributed by atoms with van der Waals surface area (Å²) in [5, 5.41) is 3.07. The van der Waals surface area contributed by atoms with Gasteiger partial charge in [-0.2, -0.15) is 0 Å². The van der Waals surface area contributed by atoms with Gasteiger partial charge in [0.2, 0.25) is 0 Å². The lowest BCUT2D eigenvalue weighted by atomic mass is 10.1. The van der Waals surface area contributed by atoms with E-state index in [1.54, 1.807) is 12.1 Å². The quantitative estimate of drug-likeness (QED) is 0.203. The molecule has 0 aromatic heterocycles. The summed E-state index contributed by atoms with van der Waals surface area (Å²) in [5.74, 6) is 0.0780. The summed E-state index contributed by atoms with van der Waals surface area (Å²) < 4.78 is 5.35. The normalized spacial score (nSPS) is 10.7. The number of halogens is 1. The van der Waals surface area contributed by atoms with Crippen LogP contribution in [0.2, 0.25) is 0 Å². The topological polar surface area (TPSA) is 76.7 Å². The highest BCUT2D eigenvalue weighted by atomic mass is 127. The number of hydrogen-bond donors (Lipinski definition) is 2. The maximum absolute atomic E-state index is 12.2. The second kappa shape index (κ2) is 12.3. The highest BCUT2D eigenvalue weighted by Gasteiger charge is 2.08. The second-order valence-corrected chi connectivity index (χ2v) is 5.74. The Kier molecular flexibility index (Phi) is 10.4. The van der Waals surface area contributed by atoms with Gasteiger partial charge in [0.15, 0.2) is 5.96 Å². The van der Waals surface area contributed by atoms with Crippen molar-refractivity contribution in [1.82, 2.24) is 5.32 Å². The van der Waals surface area contributed by atoms with Crippen LogP contribution < -0.4 is 11.1 Å². The van der Waals surface area contributed by atoms with Crippen LogP contribution in [0, 0.1) is 0 Å². The van der Waals surface area contributed by atoms with Crippen molar-refractivity contribution in [3.63, 3.8) is 0 Å². The predicted molar refractivity (Wildman–Crippen MR) is 116 cm³/mol. The van der Waals surface area contributed by atoms with Gasteiger partial charge in [-0.25, -0.2) is 9.79 Å². The van der Waals surface area contributed by atoms with Crippen molar-refractivity contribution in [3.8, 4) is 0 Å². The summed E-state index contributed by atoms with van der Waals surface area (Å²) >= 11 is 0. The molecule has 2 rings (SSSR count). The van der Waals surface area contributed by atoms with Crippen LogP contribution in [0.15, 0.2) is 59.6 Å². The number of hydrogen-bond acceptors (Lipinski definition) is 3. The zero-order chi connectivity index (χ0) is 17.9. The molecule has 0 aliphatic rings. The minimum Gasteiger partial charge on any atom is -0.457 e. The van der Waals surface area contributed by atoms with E-state index in [0.717, 1.165) is 30.5 Å². The molecule has 2 aromatic rings. The van der Waals surface area contributed by atoms with E-state index in [9.17, 15) is 4.79 Å². The number of aliphatic imine (C=N–C) groups is 1.